The van der Waals surface area contributed by atoms with E-state index in [1.54, 1.807) is 0 Å². The Morgan fingerprint density at radius 3 is 1.82 bits per heavy atom. The summed E-state index contributed by atoms with van der Waals surface area (Å²) in [6.07, 6.45) is 7.95. The maximum atomic E-state index is 6.32. The number of aromatic nitrogens is 2. The van der Waals surface area contributed by atoms with Crippen molar-refractivity contribution in [2.75, 3.05) is 9.80 Å². The first kappa shape index (κ1) is 31.1. The monoisotopic (exact) mass is 744 g/mol. The van der Waals surface area contributed by atoms with Crippen LogP contribution in [0.25, 0.3) is 27.0 Å². The molecule has 56 heavy (non-hydrogen) atoms. The molecule has 6 nitrogen and oxygen atoms in total. The molecular formula is C49H36N4O2S. The number of ether oxygens (including phenoxy) is 2. The lowest BCUT2D eigenvalue weighted by molar-refractivity contribution is 0.143. The molecular weight excluding hydrogens is 709 g/mol. The van der Waals surface area contributed by atoms with Crippen LogP contribution in [0.3, 0.4) is 0 Å². The summed E-state index contributed by atoms with van der Waals surface area (Å²) in [4.78, 5) is 18.3. The van der Waals surface area contributed by atoms with Crippen LogP contribution in [0, 0.1) is 17.3 Å². The fourth-order valence-corrected chi connectivity index (χ4v) is 12.0. The van der Waals surface area contributed by atoms with Crippen LogP contribution in [0.5, 0.6) is 23.0 Å². The third-order valence-corrected chi connectivity index (χ3v) is 15.0. The predicted molar refractivity (Wildman–Crippen MR) is 224 cm³/mol. The van der Waals surface area contributed by atoms with Crippen LogP contribution in [-0.4, -0.2) is 16.0 Å². The highest BCUT2D eigenvalue weighted by molar-refractivity contribution is 7.18. The molecule has 270 valence electrons. The summed E-state index contributed by atoms with van der Waals surface area (Å²) >= 11 is 1.83. The largest absolute Gasteiger partial charge is 0.453 e. The zero-order valence-electron chi connectivity index (χ0n) is 30.9. The summed E-state index contributed by atoms with van der Waals surface area (Å²) in [7, 11) is 0. The van der Waals surface area contributed by atoms with E-state index in [0.717, 1.165) is 74.5 Å². The van der Waals surface area contributed by atoms with Gasteiger partial charge in [-0.15, -0.1) is 11.3 Å². The summed E-state index contributed by atoms with van der Waals surface area (Å²) in [6, 6.07) is 42.3. The number of hydrogen-bond acceptors (Lipinski definition) is 7. The lowest BCUT2D eigenvalue weighted by Gasteiger charge is -2.41. The molecule has 2 fully saturated rings. The zero-order valence-corrected chi connectivity index (χ0v) is 31.7. The maximum absolute atomic E-state index is 6.32. The lowest BCUT2D eigenvalue weighted by Crippen LogP contribution is -2.35. The molecule has 6 unspecified atom stereocenters. The van der Waals surface area contributed by atoms with E-state index in [-0.39, 0.29) is 6.04 Å². The minimum Gasteiger partial charge on any atom is -0.453 e. The standard InChI is InChI=1S/C49H36N4O2S/c1-27-40-41-42(49(27,41)2)44-43(40)50-45-46(51-44)48(29-21-25-31(26-22-29)53-34-13-5-9-17-38(34)55-39-18-10-6-14-35(39)53)56-47(45)28-19-23-30(24-20-28)52-32-11-3-7-15-36(32)54-37-16-8-4-12-33(37)52/h3-23,25-27,30,40-42H,24H2,1-2H3. The van der Waals surface area contributed by atoms with E-state index >= 15 is 0 Å². The zero-order chi connectivity index (χ0) is 36.9. The number of allylic oxidation sites excluding steroid dienone is 2. The molecule has 4 aliphatic carbocycles. The van der Waals surface area contributed by atoms with Crippen LogP contribution >= 0.6 is 11.3 Å². The molecule has 13 rings (SSSR count). The van der Waals surface area contributed by atoms with Crippen molar-refractivity contribution >= 4 is 56.4 Å². The number of nitrogens with zero attached hydrogens (tertiary/aromatic N) is 4. The molecule has 0 saturated heterocycles. The van der Waals surface area contributed by atoms with E-state index in [2.05, 4.69) is 127 Å². The Balaban J connectivity index is 0.906. The second-order valence-corrected chi connectivity index (χ2v) is 17.3. The van der Waals surface area contributed by atoms with Gasteiger partial charge >= 0.3 is 0 Å². The Morgan fingerprint density at radius 1 is 0.661 bits per heavy atom. The molecule has 0 spiro atoms. The van der Waals surface area contributed by atoms with Crippen molar-refractivity contribution in [2.24, 2.45) is 17.3 Å². The molecule has 4 heterocycles. The SMILES string of the molecule is CC1C2c3nc4c(C5=CCC(N6c7ccccc7Oc7ccccc76)C=C5)sc(-c5ccc(N6c7ccccc7Oc7ccccc76)cc5)c4nc3C3C2C13C. The van der Waals surface area contributed by atoms with Gasteiger partial charge in [-0.2, -0.15) is 0 Å². The quantitative estimate of drug-likeness (QED) is 0.179. The van der Waals surface area contributed by atoms with Crippen LogP contribution in [0.15, 0.2) is 140 Å². The number of anilines is 5. The molecule has 6 aliphatic rings. The molecule has 2 aliphatic heterocycles. The van der Waals surface area contributed by atoms with Gasteiger partial charge in [-0.3, -0.25) is 0 Å². The first-order valence-corrected chi connectivity index (χ1v) is 20.5. The van der Waals surface area contributed by atoms with Crippen LogP contribution < -0.4 is 19.3 Å². The van der Waals surface area contributed by atoms with Gasteiger partial charge in [-0.05, 0) is 95.5 Å². The fraction of sp³-hybridized carbons (Fsp3) is 0.184. The van der Waals surface area contributed by atoms with Crippen LogP contribution in [0.1, 0.15) is 48.4 Å². The number of hydrogen-bond donors (Lipinski definition) is 0. The second-order valence-electron chi connectivity index (χ2n) is 16.3. The van der Waals surface area contributed by atoms with Crippen molar-refractivity contribution in [3.8, 4) is 33.4 Å². The van der Waals surface area contributed by atoms with E-state index in [9.17, 15) is 0 Å². The Morgan fingerprint density at radius 2 is 1.21 bits per heavy atom. The molecule has 7 aromatic rings. The average Bonchev–Trinajstić information content (AvgIpc) is 3.45. The van der Waals surface area contributed by atoms with Crippen LogP contribution in [-0.2, 0) is 0 Å². The molecule has 6 atom stereocenters. The summed E-state index contributed by atoms with van der Waals surface area (Å²) in [6.45, 7) is 4.90. The number of benzene rings is 5. The molecule has 2 aromatic heterocycles. The average molecular weight is 745 g/mol. The van der Waals surface area contributed by atoms with E-state index in [4.69, 9.17) is 19.4 Å². The van der Waals surface area contributed by atoms with Crippen molar-refractivity contribution in [3.63, 3.8) is 0 Å². The van der Waals surface area contributed by atoms with Gasteiger partial charge in [0.15, 0.2) is 23.0 Å². The number of rotatable bonds is 4. The van der Waals surface area contributed by atoms with E-state index in [1.165, 1.54) is 26.7 Å². The highest BCUT2D eigenvalue weighted by atomic mass is 32.1. The smallest absolute Gasteiger partial charge is 0.151 e. The van der Waals surface area contributed by atoms with Crippen molar-refractivity contribution in [1.82, 2.24) is 9.97 Å². The number of fused-ring (bicyclic) bond motifs is 9. The van der Waals surface area contributed by atoms with Crippen molar-refractivity contribution in [3.05, 3.63) is 156 Å². The summed E-state index contributed by atoms with van der Waals surface area (Å²) in [5.74, 6) is 5.94. The minimum atomic E-state index is 0.148. The van der Waals surface area contributed by atoms with E-state index in [1.807, 2.05) is 47.7 Å². The normalized spacial score (nSPS) is 25.4. The fourth-order valence-electron chi connectivity index (χ4n) is 10.8. The third kappa shape index (κ3) is 4.00. The predicted octanol–water partition coefficient (Wildman–Crippen LogP) is 13.1. The van der Waals surface area contributed by atoms with Gasteiger partial charge in [0.05, 0.1) is 49.9 Å². The van der Waals surface area contributed by atoms with Gasteiger partial charge in [0.1, 0.15) is 11.0 Å². The lowest BCUT2D eigenvalue weighted by atomic mass is 9.63. The van der Waals surface area contributed by atoms with Crippen LogP contribution in [0.2, 0.25) is 0 Å². The molecule has 7 heteroatoms. The maximum Gasteiger partial charge on any atom is 0.151 e. The highest BCUT2D eigenvalue weighted by Crippen LogP contribution is 2.88. The molecule has 0 N–H and O–H groups in total. The van der Waals surface area contributed by atoms with Crippen LogP contribution in [0.4, 0.5) is 28.4 Å². The first-order valence-electron chi connectivity index (χ1n) is 19.7. The van der Waals surface area contributed by atoms with Gasteiger partial charge in [0.2, 0.25) is 0 Å². The molecule has 0 bridgehead atoms. The Bertz CT molecular complexity index is 2800. The van der Waals surface area contributed by atoms with Gasteiger partial charge < -0.3 is 19.3 Å². The first-order chi connectivity index (χ1) is 27.6. The Labute approximate surface area is 329 Å². The van der Waals surface area contributed by atoms with E-state index < -0.39 is 0 Å². The third-order valence-electron chi connectivity index (χ3n) is 13.7. The highest BCUT2D eigenvalue weighted by Gasteiger charge is 2.82. The topological polar surface area (TPSA) is 50.7 Å². The molecule has 0 amide bonds. The molecule has 0 radical (unpaired) electrons. The Hall–Kier alpha value is -6.18. The number of para-hydroxylation sites is 8. The number of thiophene rings is 1. The summed E-state index contributed by atoms with van der Waals surface area (Å²) < 4.78 is 12.6. The molecule has 5 aromatic carbocycles. The van der Waals surface area contributed by atoms with Crippen molar-refractivity contribution in [2.45, 2.75) is 38.1 Å². The van der Waals surface area contributed by atoms with Crippen molar-refractivity contribution < 1.29 is 9.47 Å². The summed E-state index contributed by atoms with van der Waals surface area (Å²) in [5, 5.41) is 0. The summed E-state index contributed by atoms with van der Waals surface area (Å²) in [5.41, 5.74) is 12.7. The van der Waals surface area contributed by atoms with Gasteiger partial charge in [-0.1, -0.05) is 92.7 Å². The van der Waals surface area contributed by atoms with Gasteiger partial charge in [0.25, 0.3) is 0 Å². The second kappa shape index (κ2) is 11.0. The molecule has 2 saturated carbocycles. The van der Waals surface area contributed by atoms with Crippen molar-refractivity contribution in [1.29, 1.82) is 0 Å². The Kier molecular flexibility index (Phi) is 6.09. The van der Waals surface area contributed by atoms with Gasteiger partial charge in [-0.25, -0.2) is 9.97 Å². The van der Waals surface area contributed by atoms with E-state index in [0.29, 0.717) is 29.1 Å². The van der Waals surface area contributed by atoms with Gasteiger partial charge in [0, 0.05) is 17.5 Å². The minimum absolute atomic E-state index is 0.148.